The molecule has 1 aliphatic heterocycles. The normalized spacial score (nSPS) is 22.3. The van der Waals surface area contributed by atoms with Gasteiger partial charge in [0.15, 0.2) is 0 Å². The van der Waals surface area contributed by atoms with Gasteiger partial charge in [0.2, 0.25) is 5.91 Å². The monoisotopic (exact) mass is 410 g/mol. The van der Waals surface area contributed by atoms with E-state index in [1.807, 2.05) is 0 Å². The van der Waals surface area contributed by atoms with Crippen LogP contribution in [0.5, 0.6) is 0 Å². The smallest absolute Gasteiger partial charge is 0.223 e. The van der Waals surface area contributed by atoms with Crippen molar-refractivity contribution in [2.75, 3.05) is 19.7 Å². The van der Waals surface area contributed by atoms with Gasteiger partial charge in [0.05, 0.1) is 16.6 Å². The van der Waals surface area contributed by atoms with Gasteiger partial charge < -0.3 is 10.8 Å². The van der Waals surface area contributed by atoms with Crippen LogP contribution in [0, 0.1) is 11.8 Å². The summed E-state index contributed by atoms with van der Waals surface area (Å²) in [6, 6.07) is 0. The van der Waals surface area contributed by atoms with Crippen molar-refractivity contribution < 1.29 is 9.90 Å². The zero-order valence-electron chi connectivity index (χ0n) is 13.3. The molecule has 1 amide bonds. The molecule has 0 saturated carbocycles. The number of unbranched alkanes of at least 4 members (excludes halogenated alkanes) is 5. The highest BCUT2D eigenvalue weighted by Gasteiger charge is 2.34. The van der Waals surface area contributed by atoms with Gasteiger partial charge in [-0.1, -0.05) is 68.0 Å². The highest BCUT2D eigenvalue weighted by Crippen LogP contribution is 2.29. The van der Waals surface area contributed by atoms with E-state index in [4.69, 9.17) is 5.73 Å². The Hall–Kier alpha value is 0.120. The van der Waals surface area contributed by atoms with Gasteiger partial charge in [0, 0.05) is 6.54 Å². The van der Waals surface area contributed by atoms with E-state index in [-0.39, 0.29) is 24.3 Å². The number of amides is 1. The fourth-order valence-corrected chi connectivity index (χ4v) is 4.09. The molecule has 3 N–H and O–H groups in total. The lowest BCUT2D eigenvalue weighted by atomic mass is 9.92. The van der Waals surface area contributed by atoms with E-state index in [1.165, 1.54) is 44.9 Å². The number of likely N-dealkylation sites (tertiary alicyclic amines) is 1. The second-order valence-corrected chi connectivity index (χ2v) is 7.66. The van der Waals surface area contributed by atoms with Gasteiger partial charge in [-0.05, 0) is 25.3 Å². The summed E-state index contributed by atoms with van der Waals surface area (Å²) in [6.07, 6.45) is 10.2. The second-order valence-electron chi connectivity index (χ2n) is 6.23. The van der Waals surface area contributed by atoms with Crippen molar-refractivity contribution >= 4 is 28.5 Å². The third-order valence-corrected chi connectivity index (χ3v) is 5.99. The summed E-state index contributed by atoms with van der Waals surface area (Å²) in [5.74, 6) is -0.493. The second kappa shape index (κ2) is 10.8. The molecule has 1 heterocycles. The molecule has 3 atom stereocenters. The zero-order chi connectivity index (χ0) is 15.7. The van der Waals surface area contributed by atoms with Gasteiger partial charge >= 0.3 is 0 Å². The zero-order valence-corrected chi connectivity index (χ0v) is 15.4. The quantitative estimate of drug-likeness (QED) is 0.238. The fraction of sp³-hybridized carbons (Fsp3) is 0.938. The molecule has 21 heavy (non-hydrogen) atoms. The van der Waals surface area contributed by atoms with Gasteiger partial charge in [-0.15, -0.1) is 0 Å². The number of carbonyl (C=O) groups excluding carboxylic acids is 1. The van der Waals surface area contributed by atoms with Crippen molar-refractivity contribution in [1.29, 1.82) is 0 Å². The lowest BCUT2D eigenvalue weighted by Crippen LogP contribution is -2.35. The minimum absolute atomic E-state index is 0.114. The Labute approximate surface area is 143 Å². The molecule has 1 rings (SSSR count). The third-order valence-electron chi connectivity index (χ3n) is 4.58. The van der Waals surface area contributed by atoms with Crippen molar-refractivity contribution in [1.82, 2.24) is 4.90 Å². The van der Waals surface area contributed by atoms with Crippen LogP contribution in [-0.2, 0) is 4.79 Å². The standard InChI is InChI=1S/C16H31IN2O2/c1-2-3-4-5-6-7-8-15(17)19-10-9-13(11-19)14(12-20)16(18)21/h13-15,20H,2-12H2,1H3,(H2,18,21). The number of aliphatic hydroxyl groups excluding tert-OH is 1. The van der Waals surface area contributed by atoms with E-state index in [0.717, 1.165) is 19.5 Å². The first-order valence-electron chi connectivity index (χ1n) is 8.38. The topological polar surface area (TPSA) is 66.6 Å². The summed E-state index contributed by atoms with van der Waals surface area (Å²) in [6.45, 7) is 4.06. The van der Waals surface area contributed by atoms with Crippen LogP contribution in [-0.4, -0.2) is 39.7 Å². The van der Waals surface area contributed by atoms with E-state index in [0.29, 0.717) is 4.05 Å². The van der Waals surface area contributed by atoms with Crippen LogP contribution in [0.1, 0.15) is 58.3 Å². The Morgan fingerprint density at radius 2 is 2.00 bits per heavy atom. The number of primary amides is 1. The summed E-state index contributed by atoms with van der Waals surface area (Å²) in [5.41, 5.74) is 5.37. The number of carbonyl (C=O) groups is 1. The van der Waals surface area contributed by atoms with E-state index in [2.05, 4.69) is 34.4 Å². The molecule has 4 nitrogen and oxygen atoms in total. The van der Waals surface area contributed by atoms with Crippen LogP contribution >= 0.6 is 22.6 Å². The molecule has 0 aromatic heterocycles. The molecule has 1 aliphatic rings. The third kappa shape index (κ3) is 6.82. The Morgan fingerprint density at radius 3 is 2.62 bits per heavy atom. The lowest BCUT2D eigenvalue weighted by Gasteiger charge is -2.24. The number of nitrogens with two attached hydrogens (primary N) is 1. The average molecular weight is 410 g/mol. The molecule has 0 spiro atoms. The summed E-state index contributed by atoms with van der Waals surface area (Å²) in [4.78, 5) is 13.8. The molecular weight excluding hydrogens is 379 g/mol. The van der Waals surface area contributed by atoms with Crippen molar-refractivity contribution in [2.45, 2.75) is 62.3 Å². The molecule has 0 radical (unpaired) electrons. The number of alkyl halides is 1. The van der Waals surface area contributed by atoms with Crippen LogP contribution in [0.3, 0.4) is 0 Å². The van der Waals surface area contributed by atoms with Crippen molar-refractivity contribution in [3.63, 3.8) is 0 Å². The highest BCUT2D eigenvalue weighted by molar-refractivity contribution is 14.1. The largest absolute Gasteiger partial charge is 0.396 e. The minimum atomic E-state index is -0.368. The molecule has 124 valence electrons. The molecular formula is C16H31IN2O2. The van der Waals surface area contributed by atoms with Gasteiger partial charge in [-0.3, -0.25) is 9.69 Å². The van der Waals surface area contributed by atoms with Crippen LogP contribution in [0.15, 0.2) is 0 Å². The molecule has 5 heteroatoms. The Balaban J connectivity index is 2.21. The Kier molecular flexibility index (Phi) is 9.84. The van der Waals surface area contributed by atoms with Crippen molar-refractivity contribution in [3.8, 4) is 0 Å². The first kappa shape index (κ1) is 19.2. The summed E-state index contributed by atoms with van der Waals surface area (Å²) in [7, 11) is 0. The maximum atomic E-state index is 11.3. The van der Waals surface area contributed by atoms with Crippen LogP contribution in [0.25, 0.3) is 0 Å². The van der Waals surface area contributed by atoms with Gasteiger partial charge in [0.1, 0.15) is 0 Å². The summed E-state index contributed by atoms with van der Waals surface area (Å²) < 4.78 is 0.547. The van der Waals surface area contributed by atoms with E-state index in [1.54, 1.807) is 0 Å². The van der Waals surface area contributed by atoms with Crippen LogP contribution < -0.4 is 5.73 Å². The molecule has 0 bridgehead atoms. The molecule has 0 aromatic carbocycles. The van der Waals surface area contributed by atoms with Crippen molar-refractivity contribution in [2.24, 2.45) is 17.6 Å². The van der Waals surface area contributed by atoms with Crippen molar-refractivity contribution in [3.05, 3.63) is 0 Å². The SMILES string of the molecule is CCCCCCCCC(I)N1CCC(C(CO)C(N)=O)C1. The maximum Gasteiger partial charge on any atom is 0.223 e. The average Bonchev–Trinajstić information content (AvgIpc) is 2.92. The Morgan fingerprint density at radius 1 is 1.33 bits per heavy atom. The van der Waals surface area contributed by atoms with E-state index < -0.39 is 0 Å². The number of halogens is 1. The highest BCUT2D eigenvalue weighted by atomic mass is 127. The summed E-state index contributed by atoms with van der Waals surface area (Å²) >= 11 is 2.52. The molecule has 1 fully saturated rings. The molecule has 3 unspecified atom stereocenters. The summed E-state index contributed by atoms with van der Waals surface area (Å²) in [5, 5.41) is 9.30. The molecule has 0 aliphatic carbocycles. The molecule has 0 aromatic rings. The molecule has 1 saturated heterocycles. The van der Waals surface area contributed by atoms with Crippen LogP contribution in [0.4, 0.5) is 0 Å². The van der Waals surface area contributed by atoms with E-state index >= 15 is 0 Å². The number of aliphatic hydroxyl groups is 1. The first-order chi connectivity index (χ1) is 10.1. The predicted molar refractivity (Wildman–Crippen MR) is 95.3 cm³/mol. The van der Waals surface area contributed by atoms with Crippen LogP contribution in [0.2, 0.25) is 0 Å². The minimum Gasteiger partial charge on any atom is -0.396 e. The van der Waals surface area contributed by atoms with Gasteiger partial charge in [-0.2, -0.15) is 0 Å². The van der Waals surface area contributed by atoms with Gasteiger partial charge in [0.25, 0.3) is 0 Å². The van der Waals surface area contributed by atoms with E-state index in [9.17, 15) is 9.90 Å². The maximum absolute atomic E-state index is 11.3. The number of rotatable bonds is 11. The first-order valence-corrected chi connectivity index (χ1v) is 9.63. The fourth-order valence-electron chi connectivity index (χ4n) is 3.15. The number of hydrogen-bond acceptors (Lipinski definition) is 3. The number of hydrogen-bond donors (Lipinski definition) is 2. The Bertz CT molecular complexity index is 302. The van der Waals surface area contributed by atoms with Gasteiger partial charge in [-0.25, -0.2) is 0 Å². The predicted octanol–water partition coefficient (Wildman–Crippen LogP) is 2.91. The number of nitrogens with zero attached hydrogens (tertiary/aromatic N) is 1. The lowest BCUT2D eigenvalue weighted by molar-refractivity contribution is -0.124.